The molecule has 3 rings (SSSR count). The molecule has 0 aliphatic carbocycles. The number of nitrogens with one attached hydrogen (secondary N) is 1. The maximum atomic E-state index is 13.8. The molecule has 0 spiro atoms. The first-order chi connectivity index (χ1) is 13.3. The molecular formula is C21H22ClF2NO3. The monoisotopic (exact) mass is 409 g/mol. The van der Waals surface area contributed by atoms with Crippen LogP contribution in [0.2, 0.25) is 5.02 Å². The van der Waals surface area contributed by atoms with E-state index in [4.69, 9.17) is 21.4 Å². The van der Waals surface area contributed by atoms with Crippen molar-refractivity contribution < 1.29 is 23.4 Å². The molecule has 1 saturated heterocycles. The molecule has 1 aliphatic heterocycles. The molecule has 0 unspecified atom stereocenters. The van der Waals surface area contributed by atoms with Gasteiger partial charge in [0.1, 0.15) is 0 Å². The lowest BCUT2D eigenvalue weighted by Gasteiger charge is -2.43. The molecule has 3 atom stereocenters. The van der Waals surface area contributed by atoms with Crippen LogP contribution < -0.4 is 5.32 Å². The lowest BCUT2D eigenvalue weighted by Crippen LogP contribution is -2.51. The summed E-state index contributed by atoms with van der Waals surface area (Å²) < 4.78 is 33.3. The Morgan fingerprint density at radius 2 is 1.75 bits per heavy atom. The van der Waals surface area contributed by atoms with E-state index in [0.29, 0.717) is 23.4 Å². The summed E-state index contributed by atoms with van der Waals surface area (Å²) in [6.07, 6.45) is -0.0315. The zero-order valence-corrected chi connectivity index (χ0v) is 16.2. The van der Waals surface area contributed by atoms with Crippen LogP contribution in [-0.2, 0) is 9.53 Å². The minimum atomic E-state index is -0.944. The summed E-state index contributed by atoms with van der Waals surface area (Å²) in [4.78, 5) is 12.1. The molecule has 0 radical (unpaired) electrons. The fraction of sp³-hybridized carbons (Fsp3) is 0.381. The molecule has 28 heavy (non-hydrogen) atoms. The van der Waals surface area contributed by atoms with Gasteiger partial charge in [-0.1, -0.05) is 29.8 Å². The highest BCUT2D eigenvalue weighted by Crippen LogP contribution is 2.44. The Bertz CT molecular complexity index is 846. The lowest BCUT2D eigenvalue weighted by atomic mass is 9.81. The number of benzene rings is 2. The van der Waals surface area contributed by atoms with Gasteiger partial charge in [0.15, 0.2) is 11.6 Å². The van der Waals surface area contributed by atoms with E-state index in [1.165, 1.54) is 6.07 Å². The van der Waals surface area contributed by atoms with Crippen molar-refractivity contribution in [3.8, 4) is 0 Å². The molecule has 7 heteroatoms. The molecule has 1 amide bonds. The lowest BCUT2D eigenvalue weighted by molar-refractivity contribution is -0.129. The third-order valence-electron chi connectivity index (χ3n) is 4.94. The van der Waals surface area contributed by atoms with Crippen LogP contribution in [-0.4, -0.2) is 23.2 Å². The molecular weight excluding hydrogens is 388 g/mol. The first kappa shape index (κ1) is 20.7. The van der Waals surface area contributed by atoms with Crippen LogP contribution >= 0.6 is 11.6 Å². The number of carbonyl (C=O) groups excluding carboxylic acids is 1. The second-order valence-corrected chi connectivity index (χ2v) is 7.77. The molecule has 0 bridgehead atoms. The van der Waals surface area contributed by atoms with Gasteiger partial charge in [0.25, 0.3) is 0 Å². The van der Waals surface area contributed by atoms with Crippen LogP contribution in [0.4, 0.5) is 8.78 Å². The Kier molecular flexibility index (Phi) is 6.33. The predicted octanol–water partition coefficient (Wildman–Crippen LogP) is 4.47. The first-order valence-electron chi connectivity index (χ1n) is 9.07. The Balaban J connectivity index is 1.91. The van der Waals surface area contributed by atoms with Crippen LogP contribution in [0.5, 0.6) is 0 Å². The largest absolute Gasteiger partial charge is 0.396 e. The predicted molar refractivity (Wildman–Crippen MR) is 102 cm³/mol. The average molecular weight is 410 g/mol. The van der Waals surface area contributed by atoms with Crippen molar-refractivity contribution >= 4 is 17.5 Å². The molecule has 2 aromatic carbocycles. The molecule has 1 fully saturated rings. The minimum Gasteiger partial charge on any atom is -0.396 e. The van der Waals surface area contributed by atoms with Crippen LogP contribution in [0.1, 0.15) is 49.5 Å². The van der Waals surface area contributed by atoms with E-state index in [1.54, 1.807) is 12.1 Å². The number of aliphatic hydroxyl groups excluding tert-OH is 1. The fourth-order valence-corrected chi connectivity index (χ4v) is 3.71. The van der Waals surface area contributed by atoms with Crippen molar-refractivity contribution in [2.75, 3.05) is 6.61 Å². The van der Waals surface area contributed by atoms with Crippen LogP contribution in [0.15, 0.2) is 42.5 Å². The van der Waals surface area contributed by atoms with E-state index in [2.05, 4.69) is 5.32 Å². The van der Waals surface area contributed by atoms with E-state index in [0.717, 1.165) is 17.7 Å². The van der Waals surface area contributed by atoms with Gasteiger partial charge in [-0.15, -0.1) is 0 Å². The summed E-state index contributed by atoms with van der Waals surface area (Å²) in [5.74, 6) is -2.14. The zero-order chi connectivity index (χ0) is 20.3. The van der Waals surface area contributed by atoms with Gasteiger partial charge in [0.05, 0.1) is 18.8 Å². The van der Waals surface area contributed by atoms with Crippen LogP contribution in [0, 0.1) is 11.6 Å². The summed E-state index contributed by atoms with van der Waals surface area (Å²) in [6.45, 7) is 1.65. The maximum absolute atomic E-state index is 13.8. The molecule has 150 valence electrons. The second-order valence-electron chi connectivity index (χ2n) is 7.33. The summed E-state index contributed by atoms with van der Waals surface area (Å²) in [5, 5.41) is 12.6. The molecule has 2 aromatic rings. The molecule has 1 heterocycles. The molecule has 1 aliphatic rings. The number of ether oxygens (including phenoxy) is 1. The van der Waals surface area contributed by atoms with Gasteiger partial charge in [0, 0.05) is 29.8 Å². The third kappa shape index (κ3) is 4.87. The Hall–Kier alpha value is -2.02. The maximum Gasteiger partial charge on any atom is 0.222 e. The quantitative estimate of drug-likeness (QED) is 0.766. The van der Waals surface area contributed by atoms with Gasteiger partial charge in [-0.25, -0.2) is 8.78 Å². The average Bonchev–Trinajstić information content (AvgIpc) is 2.64. The van der Waals surface area contributed by atoms with Crippen LogP contribution in [0.3, 0.4) is 0 Å². The van der Waals surface area contributed by atoms with Crippen molar-refractivity contribution in [3.05, 3.63) is 70.2 Å². The Morgan fingerprint density at radius 3 is 2.36 bits per heavy atom. The van der Waals surface area contributed by atoms with E-state index < -0.39 is 23.3 Å². The van der Waals surface area contributed by atoms with Gasteiger partial charge in [-0.3, -0.25) is 4.79 Å². The van der Waals surface area contributed by atoms with Gasteiger partial charge >= 0.3 is 0 Å². The fourth-order valence-electron chi connectivity index (χ4n) is 3.58. The number of hydrogen-bond acceptors (Lipinski definition) is 3. The summed E-state index contributed by atoms with van der Waals surface area (Å²) in [6, 6.07) is 10.9. The first-order valence-corrected chi connectivity index (χ1v) is 9.45. The smallest absolute Gasteiger partial charge is 0.222 e. The number of carbonyl (C=O) groups is 1. The highest BCUT2D eigenvalue weighted by atomic mass is 35.5. The van der Waals surface area contributed by atoms with E-state index in [1.807, 2.05) is 19.1 Å². The van der Waals surface area contributed by atoms with Gasteiger partial charge in [-0.2, -0.15) is 0 Å². The SMILES string of the molecule is C[C@@]1(NC(=O)CCO)C[C@@H](c2ccc(Cl)cc2)O[C@@H](c2ccc(F)c(F)c2)C1. The molecule has 0 aromatic heterocycles. The van der Waals surface area contributed by atoms with Gasteiger partial charge in [0.2, 0.25) is 5.91 Å². The highest BCUT2D eigenvalue weighted by molar-refractivity contribution is 6.30. The highest BCUT2D eigenvalue weighted by Gasteiger charge is 2.40. The van der Waals surface area contributed by atoms with Crippen molar-refractivity contribution in [3.63, 3.8) is 0 Å². The Labute approximate surface area is 167 Å². The van der Waals surface area contributed by atoms with Crippen molar-refractivity contribution in [2.24, 2.45) is 0 Å². The number of amides is 1. The van der Waals surface area contributed by atoms with E-state index in [-0.39, 0.29) is 25.0 Å². The zero-order valence-electron chi connectivity index (χ0n) is 15.4. The summed E-state index contributed by atoms with van der Waals surface area (Å²) in [7, 11) is 0. The van der Waals surface area contributed by atoms with Gasteiger partial charge in [-0.05, 0) is 42.3 Å². The minimum absolute atomic E-state index is 0.00208. The summed E-state index contributed by atoms with van der Waals surface area (Å²) in [5.41, 5.74) is 0.726. The van der Waals surface area contributed by atoms with Crippen molar-refractivity contribution in [1.82, 2.24) is 5.32 Å². The number of aliphatic hydroxyl groups is 1. The van der Waals surface area contributed by atoms with Crippen molar-refractivity contribution in [2.45, 2.75) is 43.9 Å². The Morgan fingerprint density at radius 1 is 1.14 bits per heavy atom. The van der Waals surface area contributed by atoms with Crippen molar-refractivity contribution in [1.29, 1.82) is 0 Å². The molecule has 4 nitrogen and oxygen atoms in total. The summed E-state index contributed by atoms with van der Waals surface area (Å²) >= 11 is 5.97. The van der Waals surface area contributed by atoms with E-state index in [9.17, 15) is 13.6 Å². The number of rotatable bonds is 5. The molecule has 0 saturated carbocycles. The number of halogens is 3. The number of hydrogen-bond donors (Lipinski definition) is 2. The van der Waals surface area contributed by atoms with E-state index >= 15 is 0 Å². The topological polar surface area (TPSA) is 58.6 Å². The van der Waals surface area contributed by atoms with Crippen LogP contribution in [0.25, 0.3) is 0 Å². The second kappa shape index (κ2) is 8.55. The third-order valence-corrected chi connectivity index (χ3v) is 5.19. The normalized spacial score (nSPS) is 24.8. The molecule has 2 N–H and O–H groups in total. The standard InChI is InChI=1S/C21H22ClF2NO3/c1-21(25-20(27)8-9-26)11-18(13-2-5-15(22)6-3-13)28-19(12-21)14-4-7-16(23)17(24)10-14/h2-7,10,18-19,26H,8-9,11-12H2,1H3,(H,25,27)/t18-,19+,21+/m0/s1. The van der Waals surface area contributed by atoms with Gasteiger partial charge < -0.3 is 15.2 Å².